The molecule has 0 aromatic heterocycles. The summed E-state index contributed by atoms with van der Waals surface area (Å²) in [7, 11) is 0. The SMILES string of the molecule is C=c1ccc(C)c/c1=C/C(C#CC)=C\C.CC.CC(=O)C(C)C.CC(C)(C)C. The quantitative estimate of drug-likeness (QED) is 0.534. The Bertz CT molecular complexity index is 738. The Labute approximate surface area is 175 Å². The van der Waals surface area contributed by atoms with Crippen LogP contribution in [-0.4, -0.2) is 5.78 Å². The standard InChI is InChI=1S/C15H16.C5H10O.C5H12.C2H6/c1-5-7-14(6-2)11-15-10-12(3)8-9-13(15)4;1-4(2)5(3)6;1-5(2,3)4;1-2/h6,8-11H,4H2,1-3H3;4H,1-3H3;1-4H3;1-2H3/b14-6-,15-11-;;;. The van der Waals surface area contributed by atoms with Gasteiger partial charge in [-0.05, 0) is 49.6 Å². The average molecular weight is 385 g/mol. The van der Waals surface area contributed by atoms with Crippen molar-refractivity contribution in [3.8, 4) is 11.8 Å². The first kappa shape index (κ1) is 30.7. The number of Topliss-reactive ketones (excluding diaryl/α,β-unsaturated/α-hetero) is 1. The molecule has 0 aliphatic carbocycles. The maximum atomic E-state index is 10.1. The summed E-state index contributed by atoms with van der Waals surface area (Å²) in [6, 6.07) is 6.23. The Balaban J connectivity index is -0.000000398. The Morgan fingerprint density at radius 2 is 1.57 bits per heavy atom. The molecular weight excluding hydrogens is 340 g/mol. The predicted octanol–water partition coefficient (Wildman–Crippen LogP) is 6.47. The molecule has 0 spiro atoms. The van der Waals surface area contributed by atoms with Crippen LogP contribution in [0.5, 0.6) is 0 Å². The third kappa shape index (κ3) is 22.0. The summed E-state index contributed by atoms with van der Waals surface area (Å²) in [6.07, 6.45) is 4.09. The van der Waals surface area contributed by atoms with Gasteiger partial charge in [0.1, 0.15) is 5.78 Å². The fourth-order valence-corrected chi connectivity index (χ4v) is 1.35. The van der Waals surface area contributed by atoms with Gasteiger partial charge in [0.05, 0.1) is 0 Å². The van der Waals surface area contributed by atoms with Gasteiger partial charge < -0.3 is 0 Å². The van der Waals surface area contributed by atoms with Crippen molar-refractivity contribution in [3.63, 3.8) is 0 Å². The summed E-state index contributed by atoms with van der Waals surface area (Å²) >= 11 is 0. The van der Waals surface area contributed by atoms with Crippen LogP contribution in [0.3, 0.4) is 0 Å². The minimum absolute atomic E-state index is 0.213. The van der Waals surface area contributed by atoms with E-state index in [2.05, 4.69) is 71.2 Å². The lowest BCUT2D eigenvalue weighted by atomic mass is 10.0. The van der Waals surface area contributed by atoms with Crippen molar-refractivity contribution in [2.45, 2.75) is 83.1 Å². The number of hydrogen-bond acceptors (Lipinski definition) is 1. The van der Waals surface area contributed by atoms with Gasteiger partial charge >= 0.3 is 0 Å². The van der Waals surface area contributed by atoms with Crippen molar-refractivity contribution in [1.82, 2.24) is 0 Å². The van der Waals surface area contributed by atoms with Gasteiger partial charge in [-0.25, -0.2) is 0 Å². The minimum Gasteiger partial charge on any atom is -0.300 e. The van der Waals surface area contributed by atoms with E-state index in [0.29, 0.717) is 5.41 Å². The Morgan fingerprint density at radius 3 is 1.89 bits per heavy atom. The molecule has 0 heterocycles. The average Bonchev–Trinajstić information content (AvgIpc) is 2.58. The first-order valence-electron chi connectivity index (χ1n) is 10.2. The molecule has 0 radical (unpaired) electrons. The number of aryl methyl sites for hydroxylation is 1. The van der Waals surface area contributed by atoms with Crippen molar-refractivity contribution >= 4 is 18.4 Å². The van der Waals surface area contributed by atoms with Gasteiger partial charge in [0, 0.05) is 11.5 Å². The first-order chi connectivity index (χ1) is 12.8. The minimum atomic E-state index is 0.213. The van der Waals surface area contributed by atoms with Gasteiger partial charge in [-0.15, -0.1) is 5.92 Å². The van der Waals surface area contributed by atoms with Crippen molar-refractivity contribution in [3.05, 3.63) is 45.8 Å². The number of ketones is 1. The molecule has 158 valence electrons. The van der Waals surface area contributed by atoms with E-state index in [1.165, 1.54) is 5.56 Å². The number of hydrogen-bond donors (Lipinski definition) is 0. The highest BCUT2D eigenvalue weighted by Crippen LogP contribution is 2.08. The van der Waals surface area contributed by atoms with E-state index in [0.717, 1.165) is 16.0 Å². The molecule has 1 aromatic carbocycles. The maximum Gasteiger partial charge on any atom is 0.132 e. The molecule has 1 aromatic rings. The molecule has 1 rings (SSSR count). The van der Waals surface area contributed by atoms with Crippen molar-refractivity contribution < 1.29 is 4.79 Å². The summed E-state index contributed by atoms with van der Waals surface area (Å²) in [4.78, 5) is 10.1. The van der Waals surface area contributed by atoms with Gasteiger partial charge in [0.25, 0.3) is 0 Å². The second-order valence-corrected chi connectivity index (χ2v) is 8.23. The lowest BCUT2D eigenvalue weighted by Gasteiger charge is -2.05. The molecular formula is C27H44O. The number of carbonyl (C=O) groups excluding carboxylic acids is 1. The highest BCUT2D eigenvalue weighted by molar-refractivity contribution is 5.77. The summed E-state index contributed by atoms with van der Waals surface area (Å²) < 4.78 is 0. The second kappa shape index (κ2) is 17.1. The topological polar surface area (TPSA) is 17.1 Å². The molecule has 0 saturated heterocycles. The Morgan fingerprint density at radius 1 is 1.14 bits per heavy atom. The molecule has 0 N–H and O–H groups in total. The van der Waals surface area contributed by atoms with Crippen molar-refractivity contribution in [1.29, 1.82) is 0 Å². The fourth-order valence-electron chi connectivity index (χ4n) is 1.35. The molecule has 0 aliphatic heterocycles. The molecule has 0 fully saturated rings. The van der Waals surface area contributed by atoms with Crippen LogP contribution in [-0.2, 0) is 4.79 Å². The molecule has 28 heavy (non-hydrogen) atoms. The summed E-state index contributed by atoms with van der Waals surface area (Å²) in [5, 5.41) is 2.18. The molecule has 0 amide bonds. The Hall–Kier alpha value is -2.07. The first-order valence-corrected chi connectivity index (χ1v) is 10.2. The Kier molecular flexibility index (Phi) is 18.7. The molecule has 0 atom stereocenters. The largest absolute Gasteiger partial charge is 0.300 e. The van der Waals surface area contributed by atoms with E-state index >= 15 is 0 Å². The second-order valence-electron chi connectivity index (χ2n) is 8.23. The number of benzene rings is 1. The van der Waals surface area contributed by atoms with E-state index in [1.54, 1.807) is 6.92 Å². The van der Waals surface area contributed by atoms with Crippen LogP contribution in [0.15, 0.2) is 29.8 Å². The molecule has 0 saturated carbocycles. The van der Waals surface area contributed by atoms with Gasteiger partial charge in [-0.2, -0.15) is 0 Å². The zero-order chi connectivity index (χ0) is 22.9. The monoisotopic (exact) mass is 384 g/mol. The number of carbonyl (C=O) groups is 1. The van der Waals surface area contributed by atoms with Crippen molar-refractivity contribution in [2.75, 3.05) is 0 Å². The predicted molar refractivity (Wildman–Crippen MR) is 130 cm³/mol. The van der Waals surface area contributed by atoms with Crippen LogP contribution in [0.1, 0.15) is 81.7 Å². The lowest BCUT2D eigenvalue weighted by molar-refractivity contribution is -0.119. The van der Waals surface area contributed by atoms with Crippen LogP contribution in [0, 0.1) is 30.1 Å². The summed E-state index contributed by atoms with van der Waals surface area (Å²) in [5.41, 5.74) is 2.78. The lowest BCUT2D eigenvalue weighted by Crippen LogP contribution is -2.22. The van der Waals surface area contributed by atoms with E-state index in [-0.39, 0.29) is 11.7 Å². The van der Waals surface area contributed by atoms with Crippen LogP contribution in [0.25, 0.3) is 12.7 Å². The van der Waals surface area contributed by atoms with Gasteiger partial charge in [-0.1, -0.05) is 97.7 Å². The van der Waals surface area contributed by atoms with Gasteiger partial charge in [0.2, 0.25) is 0 Å². The zero-order valence-corrected chi connectivity index (χ0v) is 20.6. The molecule has 0 unspecified atom stereocenters. The number of allylic oxidation sites excluding steroid dienone is 2. The van der Waals surface area contributed by atoms with Crippen LogP contribution >= 0.6 is 0 Å². The van der Waals surface area contributed by atoms with Crippen LogP contribution in [0.4, 0.5) is 0 Å². The van der Waals surface area contributed by atoms with E-state index in [4.69, 9.17) is 0 Å². The number of rotatable bonds is 2. The highest BCUT2D eigenvalue weighted by atomic mass is 16.1. The molecule has 1 nitrogen and oxygen atoms in total. The molecule has 0 bridgehead atoms. The highest BCUT2D eigenvalue weighted by Gasteiger charge is 1.95. The van der Waals surface area contributed by atoms with Crippen LogP contribution < -0.4 is 10.4 Å². The van der Waals surface area contributed by atoms with E-state index in [9.17, 15) is 4.79 Å². The van der Waals surface area contributed by atoms with Gasteiger partial charge in [0.15, 0.2) is 0 Å². The van der Waals surface area contributed by atoms with E-state index in [1.807, 2.05) is 53.7 Å². The summed E-state index contributed by atoms with van der Waals surface area (Å²) in [6.45, 7) is 28.1. The smallest absolute Gasteiger partial charge is 0.132 e. The molecule has 0 aliphatic rings. The van der Waals surface area contributed by atoms with Gasteiger partial charge in [-0.3, -0.25) is 4.79 Å². The van der Waals surface area contributed by atoms with E-state index < -0.39 is 0 Å². The van der Waals surface area contributed by atoms with Crippen molar-refractivity contribution in [2.24, 2.45) is 11.3 Å². The third-order valence-electron chi connectivity index (χ3n) is 3.01. The zero-order valence-electron chi connectivity index (χ0n) is 20.6. The fraction of sp³-hybridized carbons (Fsp3) is 0.519. The molecule has 1 heteroatoms. The summed E-state index contributed by atoms with van der Waals surface area (Å²) in [5.74, 6) is 6.43. The normalized spacial score (nSPS) is 10.9. The third-order valence-corrected chi connectivity index (χ3v) is 3.01. The van der Waals surface area contributed by atoms with Crippen LogP contribution in [0.2, 0.25) is 0 Å². The maximum absolute atomic E-state index is 10.1.